The predicted octanol–water partition coefficient (Wildman–Crippen LogP) is 0.706. The Bertz CT molecular complexity index is 478. The van der Waals surface area contributed by atoms with Crippen molar-refractivity contribution in [1.82, 2.24) is 0 Å². The minimum Gasteiger partial charge on any atom is -0.488 e. The molecule has 19 heavy (non-hydrogen) atoms. The van der Waals surface area contributed by atoms with Crippen molar-refractivity contribution in [1.29, 1.82) is 0 Å². The number of nitrogens with zero attached hydrogens (tertiary/aromatic N) is 1. The molecule has 2 rings (SSSR count). The average molecular weight is 266 g/mol. The third kappa shape index (κ3) is 2.86. The lowest BCUT2D eigenvalue weighted by Gasteiger charge is -2.28. The Morgan fingerprint density at radius 2 is 2.32 bits per heavy atom. The van der Waals surface area contributed by atoms with Gasteiger partial charge in [-0.05, 0) is 25.0 Å². The van der Waals surface area contributed by atoms with Crippen molar-refractivity contribution in [2.75, 3.05) is 18.8 Å². The van der Waals surface area contributed by atoms with E-state index in [1.807, 2.05) is 6.92 Å². The number of anilines is 1. The summed E-state index contributed by atoms with van der Waals surface area (Å²) in [7, 11) is 1.60. The number of amides is 1. The highest BCUT2D eigenvalue weighted by Crippen LogP contribution is 2.30. The first-order valence-electron chi connectivity index (χ1n) is 6.10. The third-order valence-electron chi connectivity index (χ3n) is 2.99. The molecule has 1 aliphatic rings. The van der Waals surface area contributed by atoms with Crippen molar-refractivity contribution in [2.24, 2.45) is 5.73 Å². The van der Waals surface area contributed by atoms with E-state index in [0.717, 1.165) is 5.56 Å². The molecule has 1 amide bonds. The highest BCUT2D eigenvalue weighted by atomic mass is 16.5. The van der Waals surface area contributed by atoms with Gasteiger partial charge in [0.1, 0.15) is 11.9 Å². The molecule has 3 N–H and O–H groups in total. The van der Waals surface area contributed by atoms with E-state index in [2.05, 4.69) is 0 Å². The second kappa shape index (κ2) is 5.56. The summed E-state index contributed by atoms with van der Waals surface area (Å²) in [5.41, 5.74) is 6.89. The highest BCUT2D eigenvalue weighted by molar-refractivity contribution is 5.98. The number of hydrogen-bond acceptors (Lipinski definition) is 5. The maximum atomic E-state index is 11.6. The van der Waals surface area contributed by atoms with Crippen molar-refractivity contribution < 1.29 is 19.5 Å². The number of hydroxylamine groups is 1. The Hall–Kier alpha value is -1.63. The van der Waals surface area contributed by atoms with Gasteiger partial charge in [0.05, 0.1) is 18.3 Å². The minimum atomic E-state index is -0.698. The molecule has 6 nitrogen and oxygen atoms in total. The quantitative estimate of drug-likeness (QED) is 0.784. The molecule has 0 spiro atoms. The molecule has 6 heteroatoms. The summed E-state index contributed by atoms with van der Waals surface area (Å²) in [5.74, 6) is 0.0696. The van der Waals surface area contributed by atoms with Crippen LogP contribution in [0.2, 0.25) is 0 Å². The number of benzene rings is 1. The van der Waals surface area contributed by atoms with E-state index >= 15 is 0 Å². The maximum Gasteiger partial charge on any atom is 0.267 e. The van der Waals surface area contributed by atoms with Gasteiger partial charge in [-0.1, -0.05) is 6.07 Å². The van der Waals surface area contributed by atoms with Gasteiger partial charge >= 0.3 is 0 Å². The molecule has 1 aromatic carbocycles. The second-order valence-electron chi connectivity index (χ2n) is 4.63. The number of carbonyl (C=O) groups excluding carboxylic acids is 1. The zero-order valence-corrected chi connectivity index (χ0v) is 11.0. The zero-order valence-electron chi connectivity index (χ0n) is 11.0. The Balaban J connectivity index is 2.21. The summed E-state index contributed by atoms with van der Waals surface area (Å²) in [5, 5.41) is 10.4. The van der Waals surface area contributed by atoms with Crippen LogP contribution in [0.4, 0.5) is 5.69 Å². The lowest BCUT2D eigenvalue weighted by Crippen LogP contribution is -2.47. The van der Waals surface area contributed by atoms with Crippen LogP contribution in [0.25, 0.3) is 0 Å². The molecule has 0 aromatic heterocycles. The number of nitrogens with two attached hydrogens (primary N) is 1. The molecule has 1 aliphatic heterocycles. The van der Waals surface area contributed by atoms with Gasteiger partial charge in [-0.3, -0.25) is 10.0 Å². The zero-order chi connectivity index (χ0) is 14.0. The number of methoxy groups -OCH3 is 1. The summed E-state index contributed by atoms with van der Waals surface area (Å²) in [6.07, 6.45) is 0.302. The van der Waals surface area contributed by atoms with Crippen molar-refractivity contribution in [3.05, 3.63) is 23.8 Å². The molecule has 104 valence electrons. The largest absolute Gasteiger partial charge is 0.488 e. The SMILES string of the molecule is COC[C@H](C)Oc1ccc2c(c1)N(O)C(=O)[C@@H](N)C2. The predicted molar refractivity (Wildman–Crippen MR) is 69.4 cm³/mol. The van der Waals surface area contributed by atoms with E-state index in [4.69, 9.17) is 15.2 Å². The lowest BCUT2D eigenvalue weighted by atomic mass is 9.99. The standard InChI is InChI=1S/C13H18N2O4/c1-8(7-18-2)19-10-4-3-9-5-11(14)13(16)15(17)12(9)6-10/h3-4,6,8,11,17H,5,7,14H2,1-2H3/t8-,11-/m0/s1. The van der Waals surface area contributed by atoms with Crippen LogP contribution in [0.3, 0.4) is 0 Å². The fraction of sp³-hybridized carbons (Fsp3) is 0.462. The molecule has 0 bridgehead atoms. The van der Waals surface area contributed by atoms with Crippen LogP contribution >= 0.6 is 0 Å². The molecule has 0 saturated carbocycles. The third-order valence-corrected chi connectivity index (χ3v) is 2.99. The number of ether oxygens (including phenoxy) is 2. The summed E-state index contributed by atoms with van der Waals surface area (Å²) in [4.78, 5) is 11.6. The van der Waals surface area contributed by atoms with Crippen LogP contribution in [-0.2, 0) is 16.0 Å². The van der Waals surface area contributed by atoms with Crippen LogP contribution in [0, 0.1) is 0 Å². The van der Waals surface area contributed by atoms with Crippen LogP contribution < -0.4 is 15.5 Å². The first-order chi connectivity index (χ1) is 9.02. The molecule has 2 atom stereocenters. The van der Waals surface area contributed by atoms with E-state index in [9.17, 15) is 10.0 Å². The van der Waals surface area contributed by atoms with E-state index in [0.29, 0.717) is 29.5 Å². The molecule has 1 aromatic rings. The van der Waals surface area contributed by atoms with Crippen LogP contribution in [0.15, 0.2) is 18.2 Å². The van der Waals surface area contributed by atoms with Crippen molar-refractivity contribution in [2.45, 2.75) is 25.5 Å². The first kappa shape index (κ1) is 13.8. The molecule has 0 radical (unpaired) electrons. The van der Waals surface area contributed by atoms with E-state index in [1.54, 1.807) is 25.3 Å². The van der Waals surface area contributed by atoms with Gasteiger partial charge in [0.2, 0.25) is 0 Å². The highest BCUT2D eigenvalue weighted by Gasteiger charge is 2.30. The van der Waals surface area contributed by atoms with Crippen LogP contribution in [-0.4, -0.2) is 37.0 Å². The maximum absolute atomic E-state index is 11.6. The monoisotopic (exact) mass is 266 g/mol. The molecule has 0 unspecified atom stereocenters. The van der Waals surface area contributed by atoms with Crippen molar-refractivity contribution >= 4 is 11.6 Å². The Morgan fingerprint density at radius 3 is 3.00 bits per heavy atom. The van der Waals surface area contributed by atoms with Gasteiger partial charge in [-0.25, -0.2) is 0 Å². The summed E-state index contributed by atoms with van der Waals surface area (Å²) >= 11 is 0. The summed E-state index contributed by atoms with van der Waals surface area (Å²) in [6, 6.07) is 4.53. The minimum absolute atomic E-state index is 0.114. The fourth-order valence-corrected chi connectivity index (χ4v) is 2.09. The van der Waals surface area contributed by atoms with Crippen molar-refractivity contribution in [3.8, 4) is 5.75 Å². The molecule has 0 saturated heterocycles. The number of fused-ring (bicyclic) bond motifs is 1. The summed E-state index contributed by atoms with van der Waals surface area (Å²) < 4.78 is 10.6. The molecular weight excluding hydrogens is 248 g/mol. The van der Waals surface area contributed by atoms with Gasteiger partial charge < -0.3 is 15.2 Å². The Morgan fingerprint density at radius 1 is 1.58 bits per heavy atom. The lowest BCUT2D eigenvalue weighted by molar-refractivity contribution is -0.125. The Kier molecular flexibility index (Phi) is 4.04. The van der Waals surface area contributed by atoms with E-state index in [1.165, 1.54) is 0 Å². The first-order valence-corrected chi connectivity index (χ1v) is 6.10. The normalized spacial score (nSPS) is 20.1. The average Bonchev–Trinajstić information content (AvgIpc) is 2.37. The number of hydrogen-bond donors (Lipinski definition) is 2. The fourth-order valence-electron chi connectivity index (χ4n) is 2.09. The second-order valence-corrected chi connectivity index (χ2v) is 4.63. The van der Waals surface area contributed by atoms with E-state index < -0.39 is 11.9 Å². The van der Waals surface area contributed by atoms with E-state index in [-0.39, 0.29) is 6.10 Å². The number of carbonyl (C=O) groups is 1. The molecule has 0 fully saturated rings. The molecular formula is C13H18N2O4. The van der Waals surface area contributed by atoms with Gasteiger partial charge in [0.15, 0.2) is 0 Å². The van der Waals surface area contributed by atoms with Gasteiger partial charge in [-0.2, -0.15) is 5.06 Å². The summed E-state index contributed by atoms with van der Waals surface area (Å²) in [6.45, 7) is 2.34. The van der Waals surface area contributed by atoms with Gasteiger partial charge in [0.25, 0.3) is 5.91 Å². The van der Waals surface area contributed by atoms with Crippen LogP contribution in [0.5, 0.6) is 5.75 Å². The van der Waals surface area contributed by atoms with Gasteiger partial charge in [0, 0.05) is 13.2 Å². The molecule has 1 heterocycles. The van der Waals surface area contributed by atoms with Gasteiger partial charge in [-0.15, -0.1) is 0 Å². The smallest absolute Gasteiger partial charge is 0.267 e. The topological polar surface area (TPSA) is 85.0 Å². The number of rotatable bonds is 4. The molecule has 0 aliphatic carbocycles. The van der Waals surface area contributed by atoms with Crippen LogP contribution in [0.1, 0.15) is 12.5 Å². The Labute approximate surface area is 111 Å². The van der Waals surface area contributed by atoms with Crippen molar-refractivity contribution in [3.63, 3.8) is 0 Å².